The largest absolute Gasteiger partial charge is 0.493 e. The summed E-state index contributed by atoms with van der Waals surface area (Å²) in [5.74, 6) is -0.569. The highest BCUT2D eigenvalue weighted by atomic mass is 19.3. The first-order valence-electron chi connectivity index (χ1n) is 7.34. The first-order valence-corrected chi connectivity index (χ1v) is 7.34. The third-order valence-electron chi connectivity index (χ3n) is 3.36. The van der Waals surface area contributed by atoms with E-state index in [1.54, 1.807) is 24.3 Å². The van der Waals surface area contributed by atoms with Crippen molar-refractivity contribution >= 4 is 11.6 Å². The van der Waals surface area contributed by atoms with Gasteiger partial charge >= 0.3 is 6.61 Å². The van der Waals surface area contributed by atoms with Gasteiger partial charge in [0.05, 0.1) is 12.8 Å². The summed E-state index contributed by atoms with van der Waals surface area (Å²) in [7, 11) is 1.30. The molecule has 0 saturated carbocycles. The molecule has 0 aliphatic rings. The maximum Gasteiger partial charge on any atom is 0.387 e. The summed E-state index contributed by atoms with van der Waals surface area (Å²) >= 11 is 0. The highest BCUT2D eigenvalue weighted by Gasteiger charge is 2.14. The summed E-state index contributed by atoms with van der Waals surface area (Å²) in [5.41, 5.74) is 1.39. The van der Waals surface area contributed by atoms with Gasteiger partial charge in [-0.1, -0.05) is 6.07 Å². The number of hydrogen-bond acceptors (Lipinski definition) is 6. The molecule has 26 heavy (non-hydrogen) atoms. The summed E-state index contributed by atoms with van der Waals surface area (Å²) in [5, 5.41) is 13.6. The lowest BCUT2D eigenvalue weighted by atomic mass is 10.1. The Morgan fingerprint density at radius 3 is 2.73 bits per heavy atom. The molecular weight excluding hydrogens is 348 g/mol. The molecule has 8 nitrogen and oxygen atoms in total. The number of aromatic nitrogens is 4. The van der Waals surface area contributed by atoms with Crippen LogP contribution in [0.3, 0.4) is 0 Å². The molecule has 0 atom stereocenters. The van der Waals surface area contributed by atoms with Crippen LogP contribution in [0.2, 0.25) is 0 Å². The van der Waals surface area contributed by atoms with Gasteiger partial charge in [-0.05, 0) is 46.8 Å². The van der Waals surface area contributed by atoms with E-state index in [4.69, 9.17) is 4.74 Å². The Kier molecular flexibility index (Phi) is 5.02. The number of benzene rings is 2. The van der Waals surface area contributed by atoms with E-state index in [0.717, 1.165) is 0 Å². The third kappa shape index (κ3) is 3.91. The van der Waals surface area contributed by atoms with Crippen molar-refractivity contribution < 1.29 is 23.0 Å². The molecule has 0 fully saturated rings. The number of amides is 1. The predicted octanol–water partition coefficient (Wildman–Crippen LogP) is 2.52. The van der Waals surface area contributed by atoms with Crippen LogP contribution in [-0.4, -0.2) is 39.8 Å². The normalized spacial score (nSPS) is 10.6. The van der Waals surface area contributed by atoms with Crippen molar-refractivity contribution in [3.8, 4) is 17.2 Å². The minimum atomic E-state index is -2.99. The molecule has 3 aromatic rings. The van der Waals surface area contributed by atoms with E-state index in [9.17, 15) is 13.6 Å². The van der Waals surface area contributed by atoms with Crippen LogP contribution in [0.4, 0.5) is 14.5 Å². The molecule has 0 aliphatic carbocycles. The fraction of sp³-hybridized carbons (Fsp3) is 0.125. The second kappa shape index (κ2) is 7.55. The average Bonchev–Trinajstić information content (AvgIpc) is 3.16. The maximum atomic E-state index is 12.4. The highest BCUT2D eigenvalue weighted by Crippen LogP contribution is 2.29. The van der Waals surface area contributed by atoms with Gasteiger partial charge in [-0.2, -0.15) is 8.78 Å². The van der Waals surface area contributed by atoms with Crippen LogP contribution in [0.5, 0.6) is 11.5 Å². The molecular formula is C16H13F2N5O3. The number of ether oxygens (including phenoxy) is 2. The van der Waals surface area contributed by atoms with E-state index in [1.165, 1.54) is 36.3 Å². The van der Waals surface area contributed by atoms with E-state index in [1.807, 2.05) is 0 Å². The fourth-order valence-electron chi connectivity index (χ4n) is 2.21. The standard InChI is InChI=1S/C16H13F2N5O3/c1-25-14-7-10(5-6-13(14)26-16(17)18)15(24)20-11-3-2-4-12(8-11)23-9-19-21-22-23/h2-9,16H,1H3,(H,20,24). The fourth-order valence-corrected chi connectivity index (χ4v) is 2.21. The molecule has 2 aromatic carbocycles. The number of anilines is 1. The number of tetrazole rings is 1. The molecule has 134 valence electrons. The monoisotopic (exact) mass is 361 g/mol. The molecule has 1 aromatic heterocycles. The van der Waals surface area contributed by atoms with Gasteiger partial charge < -0.3 is 14.8 Å². The number of hydrogen-bond donors (Lipinski definition) is 1. The first-order chi connectivity index (χ1) is 12.6. The number of nitrogens with one attached hydrogen (secondary N) is 1. The molecule has 0 spiro atoms. The summed E-state index contributed by atoms with van der Waals surface area (Å²) in [6, 6.07) is 10.8. The number of halogens is 2. The van der Waals surface area contributed by atoms with Gasteiger partial charge in [0.15, 0.2) is 11.5 Å². The Labute approximate surface area is 146 Å². The van der Waals surface area contributed by atoms with Crippen molar-refractivity contribution in [2.24, 2.45) is 0 Å². The molecule has 0 bridgehead atoms. The van der Waals surface area contributed by atoms with Gasteiger partial charge in [0.25, 0.3) is 5.91 Å². The van der Waals surface area contributed by atoms with Gasteiger partial charge in [0.2, 0.25) is 0 Å². The van der Waals surface area contributed by atoms with E-state index < -0.39 is 12.5 Å². The number of methoxy groups -OCH3 is 1. The van der Waals surface area contributed by atoms with Crippen molar-refractivity contribution in [3.05, 3.63) is 54.4 Å². The Hall–Kier alpha value is -3.56. The van der Waals surface area contributed by atoms with Crippen molar-refractivity contribution in [2.75, 3.05) is 12.4 Å². The number of carbonyl (C=O) groups is 1. The van der Waals surface area contributed by atoms with Crippen LogP contribution < -0.4 is 14.8 Å². The van der Waals surface area contributed by atoms with Crippen LogP contribution in [0.1, 0.15) is 10.4 Å². The van der Waals surface area contributed by atoms with Crippen LogP contribution in [0.25, 0.3) is 5.69 Å². The second-order valence-electron chi connectivity index (χ2n) is 5.00. The zero-order chi connectivity index (χ0) is 18.5. The van der Waals surface area contributed by atoms with Gasteiger partial charge in [0.1, 0.15) is 6.33 Å². The van der Waals surface area contributed by atoms with Crippen molar-refractivity contribution in [1.82, 2.24) is 20.2 Å². The van der Waals surface area contributed by atoms with Gasteiger partial charge in [-0.25, -0.2) is 4.68 Å². The summed E-state index contributed by atoms with van der Waals surface area (Å²) < 4.78 is 35.5. The van der Waals surface area contributed by atoms with Crippen LogP contribution >= 0.6 is 0 Å². The topological polar surface area (TPSA) is 91.2 Å². The van der Waals surface area contributed by atoms with E-state index in [-0.39, 0.29) is 17.1 Å². The van der Waals surface area contributed by atoms with Gasteiger partial charge in [-0.15, -0.1) is 5.10 Å². The third-order valence-corrected chi connectivity index (χ3v) is 3.36. The Morgan fingerprint density at radius 2 is 2.04 bits per heavy atom. The molecule has 10 heteroatoms. The lowest BCUT2D eigenvalue weighted by Gasteiger charge is -2.12. The van der Waals surface area contributed by atoms with Crippen LogP contribution in [0.15, 0.2) is 48.8 Å². The van der Waals surface area contributed by atoms with Crippen LogP contribution in [0, 0.1) is 0 Å². The van der Waals surface area contributed by atoms with E-state index in [2.05, 4.69) is 25.6 Å². The zero-order valence-corrected chi connectivity index (χ0v) is 13.5. The Balaban J connectivity index is 1.79. The quantitative estimate of drug-likeness (QED) is 0.725. The van der Waals surface area contributed by atoms with Crippen LogP contribution in [-0.2, 0) is 0 Å². The summed E-state index contributed by atoms with van der Waals surface area (Å²) in [6.07, 6.45) is 1.42. The zero-order valence-electron chi connectivity index (χ0n) is 13.5. The number of nitrogens with zero attached hydrogens (tertiary/aromatic N) is 4. The minimum Gasteiger partial charge on any atom is -0.493 e. The maximum absolute atomic E-state index is 12.4. The number of alkyl halides is 2. The van der Waals surface area contributed by atoms with Crippen molar-refractivity contribution in [3.63, 3.8) is 0 Å². The van der Waals surface area contributed by atoms with Crippen molar-refractivity contribution in [1.29, 1.82) is 0 Å². The summed E-state index contributed by atoms with van der Waals surface area (Å²) in [4.78, 5) is 12.4. The Morgan fingerprint density at radius 1 is 1.19 bits per heavy atom. The number of rotatable bonds is 6. The molecule has 0 aliphatic heterocycles. The lowest BCUT2D eigenvalue weighted by Crippen LogP contribution is -2.13. The first kappa shape index (κ1) is 17.3. The van der Waals surface area contributed by atoms with E-state index >= 15 is 0 Å². The molecule has 1 heterocycles. The molecule has 0 saturated heterocycles. The SMILES string of the molecule is COc1cc(C(=O)Nc2cccc(-n3cnnn3)c2)ccc1OC(F)F. The van der Waals surface area contributed by atoms with E-state index in [0.29, 0.717) is 11.4 Å². The average molecular weight is 361 g/mol. The molecule has 0 unspecified atom stereocenters. The molecule has 3 rings (SSSR count). The lowest BCUT2D eigenvalue weighted by molar-refractivity contribution is -0.0512. The van der Waals surface area contributed by atoms with Gasteiger partial charge in [0, 0.05) is 11.3 Å². The summed E-state index contributed by atoms with van der Waals surface area (Å²) in [6.45, 7) is -2.99. The minimum absolute atomic E-state index is 0.0281. The predicted molar refractivity (Wildman–Crippen MR) is 86.7 cm³/mol. The molecule has 1 amide bonds. The Bertz CT molecular complexity index is 903. The molecule has 0 radical (unpaired) electrons. The highest BCUT2D eigenvalue weighted by molar-refractivity contribution is 6.04. The van der Waals surface area contributed by atoms with Crippen molar-refractivity contribution in [2.45, 2.75) is 6.61 Å². The second-order valence-corrected chi connectivity index (χ2v) is 5.00. The smallest absolute Gasteiger partial charge is 0.387 e. The number of carbonyl (C=O) groups excluding carboxylic acids is 1. The van der Waals surface area contributed by atoms with Gasteiger partial charge in [-0.3, -0.25) is 4.79 Å². The molecule has 1 N–H and O–H groups in total.